The van der Waals surface area contributed by atoms with Gasteiger partial charge in [0.25, 0.3) is 0 Å². The third-order valence-corrected chi connectivity index (χ3v) is 6.01. The van der Waals surface area contributed by atoms with Crippen molar-refractivity contribution < 1.29 is 5.11 Å². The highest BCUT2D eigenvalue weighted by Gasteiger charge is 2.25. The van der Waals surface area contributed by atoms with E-state index in [-0.39, 0.29) is 0 Å². The van der Waals surface area contributed by atoms with Crippen molar-refractivity contribution in [3.8, 4) is 5.75 Å². The molecule has 0 spiro atoms. The zero-order valence-electron chi connectivity index (χ0n) is 7.41. The van der Waals surface area contributed by atoms with E-state index in [0.717, 1.165) is 11.1 Å². The first-order valence-electron chi connectivity index (χ1n) is 4.37. The molecule has 1 aromatic rings. The molecule has 0 radical (unpaired) electrons. The van der Waals surface area contributed by atoms with E-state index >= 15 is 0 Å². The normalized spacial score (nSPS) is 25.9. The van der Waals surface area contributed by atoms with Crippen molar-refractivity contribution in [2.24, 2.45) is 0 Å². The number of halogens is 2. The lowest BCUT2D eigenvalue weighted by Gasteiger charge is -2.27. The third kappa shape index (κ3) is 1.97. The highest BCUT2D eigenvalue weighted by Crippen LogP contribution is 2.46. The number of fused-ring (bicyclic) bond motifs is 1. The van der Waals surface area contributed by atoms with Gasteiger partial charge in [0, 0.05) is 21.2 Å². The molecule has 0 saturated heterocycles. The lowest BCUT2D eigenvalue weighted by Crippen LogP contribution is -2.11. The molecular weight excluding hydrogens is 328 g/mol. The second-order valence-corrected chi connectivity index (χ2v) is 6.25. The van der Waals surface area contributed by atoms with Crippen LogP contribution in [0.15, 0.2) is 18.2 Å². The van der Waals surface area contributed by atoms with Crippen molar-refractivity contribution in [3.05, 3.63) is 29.3 Å². The second-order valence-electron chi connectivity index (χ2n) is 3.26. The minimum absolute atomic E-state index is 0.355. The van der Waals surface area contributed by atoms with Crippen molar-refractivity contribution in [3.63, 3.8) is 0 Å². The third-order valence-electron chi connectivity index (χ3n) is 2.34. The minimum Gasteiger partial charge on any atom is -0.508 e. The Morgan fingerprint density at radius 2 is 2.21 bits per heavy atom. The van der Waals surface area contributed by atoms with E-state index in [2.05, 4.69) is 31.9 Å². The topological polar surface area (TPSA) is 20.2 Å². The van der Waals surface area contributed by atoms with Crippen LogP contribution < -0.4 is 0 Å². The molecule has 2 unspecified atom stereocenters. The maximum absolute atomic E-state index is 9.43. The number of rotatable bonds is 1. The predicted molar refractivity (Wildman–Crippen MR) is 68.8 cm³/mol. The summed E-state index contributed by atoms with van der Waals surface area (Å²) in [6.45, 7) is 0. The fraction of sp³-hybridized carbons (Fsp3) is 0.400. The van der Waals surface area contributed by atoms with Crippen LogP contribution in [0.1, 0.15) is 21.2 Å². The van der Waals surface area contributed by atoms with Gasteiger partial charge in [-0.3, -0.25) is 0 Å². The predicted octanol–water partition coefficient (Wildman–Crippen LogP) is 4.01. The van der Waals surface area contributed by atoms with E-state index < -0.39 is 0 Å². The number of benzene rings is 1. The van der Waals surface area contributed by atoms with Gasteiger partial charge in [-0.05, 0) is 23.3 Å². The molecule has 0 fully saturated rings. The fourth-order valence-electron chi connectivity index (χ4n) is 1.63. The largest absolute Gasteiger partial charge is 0.508 e. The van der Waals surface area contributed by atoms with E-state index in [1.165, 1.54) is 11.1 Å². The summed E-state index contributed by atoms with van der Waals surface area (Å²) < 4.78 is 0. The smallest absolute Gasteiger partial charge is 0.115 e. The molecule has 76 valence electrons. The first kappa shape index (κ1) is 10.8. The lowest BCUT2D eigenvalue weighted by atomic mass is 10.0. The quantitative estimate of drug-likeness (QED) is 0.781. The summed E-state index contributed by atoms with van der Waals surface area (Å²) in [5, 5.41) is 10.9. The van der Waals surface area contributed by atoms with Crippen molar-refractivity contribution in [1.29, 1.82) is 0 Å². The summed E-state index contributed by atoms with van der Waals surface area (Å²) in [6, 6.07) is 5.65. The van der Waals surface area contributed by atoms with Gasteiger partial charge in [0.2, 0.25) is 0 Å². The van der Waals surface area contributed by atoms with Crippen LogP contribution in [0.5, 0.6) is 5.75 Å². The zero-order chi connectivity index (χ0) is 10.1. The molecular formula is C10H10Br2OS. The first-order valence-corrected chi connectivity index (χ1v) is 7.45. The fourth-order valence-corrected chi connectivity index (χ4v) is 4.46. The van der Waals surface area contributed by atoms with Crippen LogP contribution in [-0.4, -0.2) is 16.2 Å². The Bertz CT molecular complexity index is 343. The van der Waals surface area contributed by atoms with Gasteiger partial charge in [-0.1, -0.05) is 37.9 Å². The first-order chi connectivity index (χ1) is 6.72. The number of phenols is 1. The summed E-state index contributed by atoms with van der Waals surface area (Å²) in [4.78, 5) is 0.366. The van der Waals surface area contributed by atoms with Gasteiger partial charge >= 0.3 is 0 Å². The highest BCUT2D eigenvalue weighted by atomic mass is 79.9. The second kappa shape index (κ2) is 4.45. The Morgan fingerprint density at radius 3 is 2.93 bits per heavy atom. The van der Waals surface area contributed by atoms with E-state index in [9.17, 15) is 5.11 Å². The number of aromatic hydroxyl groups is 1. The van der Waals surface area contributed by atoms with E-state index in [4.69, 9.17) is 0 Å². The monoisotopic (exact) mass is 336 g/mol. The van der Waals surface area contributed by atoms with E-state index in [1.54, 1.807) is 6.07 Å². The molecule has 0 aliphatic carbocycles. The summed E-state index contributed by atoms with van der Waals surface area (Å²) in [5.41, 5.74) is 2.56. The summed E-state index contributed by atoms with van der Waals surface area (Å²) in [5.74, 6) is 1.42. The van der Waals surface area contributed by atoms with Crippen LogP contribution in [0.25, 0.3) is 0 Å². The Kier molecular flexibility index (Phi) is 3.45. The molecule has 1 aliphatic rings. The van der Waals surface area contributed by atoms with Crippen LogP contribution in [-0.2, 0) is 0 Å². The van der Waals surface area contributed by atoms with Crippen LogP contribution in [0.2, 0.25) is 0 Å². The molecule has 1 aromatic carbocycles. The van der Waals surface area contributed by atoms with Crippen LogP contribution in [0.3, 0.4) is 0 Å². The molecule has 0 saturated carbocycles. The number of alkyl halides is 2. The summed E-state index contributed by atoms with van der Waals surface area (Å²) >= 11 is 9.10. The lowest BCUT2D eigenvalue weighted by molar-refractivity contribution is 0.474. The van der Waals surface area contributed by atoms with Gasteiger partial charge in [-0.25, -0.2) is 0 Å². The SMILES string of the molecule is Oc1ccc2c(c1)C(Br)CSC2CBr. The van der Waals surface area contributed by atoms with Crippen molar-refractivity contribution in [2.45, 2.75) is 10.1 Å². The zero-order valence-corrected chi connectivity index (χ0v) is 11.4. The standard InChI is InChI=1S/C10H10Br2OS/c11-4-10-7-2-1-6(13)3-8(7)9(12)5-14-10/h1-3,9-10,13H,4-5H2. The Labute approximate surface area is 105 Å². The Morgan fingerprint density at radius 1 is 1.43 bits per heavy atom. The van der Waals surface area contributed by atoms with Crippen LogP contribution in [0.4, 0.5) is 0 Å². The van der Waals surface area contributed by atoms with Gasteiger partial charge in [0.15, 0.2) is 0 Å². The summed E-state index contributed by atoms with van der Waals surface area (Å²) in [7, 11) is 0. The maximum atomic E-state index is 9.43. The average Bonchev–Trinajstić information content (AvgIpc) is 2.19. The number of thioether (sulfide) groups is 1. The summed E-state index contributed by atoms with van der Waals surface area (Å²) in [6.07, 6.45) is 0. The molecule has 0 bridgehead atoms. The number of hydrogen-bond donors (Lipinski definition) is 1. The van der Waals surface area contributed by atoms with Gasteiger partial charge in [-0.2, -0.15) is 11.8 Å². The molecule has 4 heteroatoms. The molecule has 2 rings (SSSR count). The van der Waals surface area contributed by atoms with E-state index in [1.807, 2.05) is 23.9 Å². The van der Waals surface area contributed by atoms with Crippen molar-refractivity contribution >= 4 is 43.6 Å². The van der Waals surface area contributed by atoms with Crippen molar-refractivity contribution in [2.75, 3.05) is 11.1 Å². The molecule has 1 nitrogen and oxygen atoms in total. The van der Waals surface area contributed by atoms with E-state index in [0.29, 0.717) is 15.8 Å². The average molecular weight is 338 g/mol. The van der Waals surface area contributed by atoms with Gasteiger partial charge in [0.05, 0.1) is 0 Å². The molecule has 14 heavy (non-hydrogen) atoms. The number of hydrogen-bond acceptors (Lipinski definition) is 2. The molecule has 0 aromatic heterocycles. The maximum Gasteiger partial charge on any atom is 0.115 e. The van der Waals surface area contributed by atoms with Gasteiger partial charge < -0.3 is 5.11 Å². The molecule has 1 heterocycles. The minimum atomic E-state index is 0.355. The van der Waals surface area contributed by atoms with Crippen LogP contribution in [0, 0.1) is 0 Å². The Hall–Kier alpha value is 0.330. The molecule has 2 atom stereocenters. The molecule has 1 aliphatic heterocycles. The Balaban J connectivity index is 2.45. The van der Waals surface area contributed by atoms with Crippen molar-refractivity contribution in [1.82, 2.24) is 0 Å². The highest BCUT2D eigenvalue weighted by molar-refractivity contribution is 9.09. The molecule has 0 amide bonds. The number of phenolic OH excluding ortho intramolecular Hbond substituents is 1. The molecule has 1 N–H and O–H groups in total. The van der Waals surface area contributed by atoms with Gasteiger partial charge in [0.1, 0.15) is 5.75 Å². The van der Waals surface area contributed by atoms with Gasteiger partial charge in [-0.15, -0.1) is 0 Å². The van der Waals surface area contributed by atoms with Crippen LogP contribution >= 0.6 is 43.6 Å².